The second-order valence-corrected chi connectivity index (χ2v) is 6.22. The molecule has 0 saturated heterocycles. The van der Waals surface area contributed by atoms with Crippen molar-refractivity contribution in [2.45, 2.75) is 40.7 Å². The van der Waals surface area contributed by atoms with Gasteiger partial charge in [-0.1, -0.05) is 34.3 Å². The van der Waals surface area contributed by atoms with Crippen LogP contribution in [0.3, 0.4) is 0 Å². The standard InChI is InChI=1S/C14H22O2/c1-7(2)13(15)16-12-8(3)11-10(12)9(4)14(11,5)6/h8-12H,1H2,2-6H3/t8-,9+,10?,11+,12+/m1/s1. The van der Waals surface area contributed by atoms with E-state index in [-0.39, 0.29) is 12.1 Å². The highest BCUT2D eigenvalue weighted by molar-refractivity contribution is 5.87. The topological polar surface area (TPSA) is 26.3 Å². The van der Waals surface area contributed by atoms with Crippen molar-refractivity contribution in [1.29, 1.82) is 0 Å². The van der Waals surface area contributed by atoms with E-state index >= 15 is 0 Å². The summed E-state index contributed by atoms with van der Waals surface area (Å²) in [6.45, 7) is 14.5. The highest BCUT2D eigenvalue weighted by Gasteiger charge is 2.68. The largest absolute Gasteiger partial charge is 0.458 e. The molecular weight excluding hydrogens is 200 g/mol. The van der Waals surface area contributed by atoms with Gasteiger partial charge in [0.25, 0.3) is 0 Å². The average molecular weight is 222 g/mol. The lowest BCUT2D eigenvalue weighted by Crippen LogP contribution is -2.70. The first kappa shape index (κ1) is 11.7. The minimum absolute atomic E-state index is 0.122. The zero-order valence-corrected chi connectivity index (χ0v) is 10.9. The van der Waals surface area contributed by atoms with Crippen LogP contribution in [0.4, 0.5) is 0 Å². The van der Waals surface area contributed by atoms with Crippen LogP contribution in [0.5, 0.6) is 0 Å². The lowest BCUT2D eigenvalue weighted by Gasteiger charge is -2.70. The maximum atomic E-state index is 11.5. The Morgan fingerprint density at radius 2 is 1.88 bits per heavy atom. The van der Waals surface area contributed by atoms with E-state index in [0.29, 0.717) is 28.7 Å². The van der Waals surface area contributed by atoms with Crippen LogP contribution in [-0.2, 0) is 9.53 Å². The molecule has 0 aromatic heterocycles. The van der Waals surface area contributed by atoms with E-state index in [1.54, 1.807) is 6.92 Å². The van der Waals surface area contributed by atoms with E-state index in [0.717, 1.165) is 5.92 Å². The Morgan fingerprint density at radius 1 is 1.31 bits per heavy atom. The molecule has 0 radical (unpaired) electrons. The molecule has 2 aliphatic rings. The van der Waals surface area contributed by atoms with Gasteiger partial charge in [0.15, 0.2) is 0 Å². The Hall–Kier alpha value is -0.790. The van der Waals surface area contributed by atoms with Crippen molar-refractivity contribution in [3.05, 3.63) is 12.2 Å². The zero-order valence-electron chi connectivity index (χ0n) is 10.9. The Labute approximate surface area is 98.1 Å². The van der Waals surface area contributed by atoms with Crippen LogP contribution in [0, 0.1) is 29.1 Å². The summed E-state index contributed by atoms with van der Waals surface area (Å²) in [5.74, 6) is 2.22. The summed E-state index contributed by atoms with van der Waals surface area (Å²) in [4.78, 5) is 11.5. The third-order valence-corrected chi connectivity index (χ3v) is 5.08. The van der Waals surface area contributed by atoms with Crippen molar-refractivity contribution in [1.82, 2.24) is 0 Å². The van der Waals surface area contributed by atoms with E-state index < -0.39 is 0 Å². The highest BCUT2D eigenvalue weighted by Crippen LogP contribution is 2.68. The third-order valence-electron chi connectivity index (χ3n) is 5.08. The van der Waals surface area contributed by atoms with Crippen molar-refractivity contribution in [3.8, 4) is 0 Å². The number of esters is 1. The Bertz CT molecular complexity index is 343. The summed E-state index contributed by atoms with van der Waals surface area (Å²) in [5.41, 5.74) is 0.915. The molecule has 0 N–H and O–H groups in total. The smallest absolute Gasteiger partial charge is 0.333 e. The lowest BCUT2D eigenvalue weighted by molar-refractivity contribution is -0.272. The molecule has 0 bridgehead atoms. The van der Waals surface area contributed by atoms with Crippen molar-refractivity contribution in [3.63, 3.8) is 0 Å². The summed E-state index contributed by atoms with van der Waals surface area (Å²) in [5, 5.41) is 0. The first-order chi connectivity index (χ1) is 7.28. The number of carbonyl (C=O) groups excluding carboxylic acids is 1. The number of carbonyl (C=O) groups is 1. The monoisotopic (exact) mass is 222 g/mol. The minimum atomic E-state index is -0.229. The summed E-state index contributed by atoms with van der Waals surface area (Å²) < 4.78 is 5.52. The first-order valence-corrected chi connectivity index (χ1v) is 6.15. The molecule has 0 amide bonds. The van der Waals surface area contributed by atoms with E-state index in [4.69, 9.17) is 4.74 Å². The van der Waals surface area contributed by atoms with Gasteiger partial charge in [-0.15, -0.1) is 0 Å². The van der Waals surface area contributed by atoms with Crippen LogP contribution in [0.1, 0.15) is 34.6 Å². The second kappa shape index (κ2) is 3.35. The fourth-order valence-electron chi connectivity index (χ4n) is 3.82. The van der Waals surface area contributed by atoms with Gasteiger partial charge in [-0.3, -0.25) is 0 Å². The molecule has 0 spiro atoms. The fraction of sp³-hybridized carbons (Fsp3) is 0.786. The normalized spacial score (nSPS) is 43.7. The van der Waals surface area contributed by atoms with Gasteiger partial charge in [-0.05, 0) is 30.1 Å². The Morgan fingerprint density at radius 3 is 2.38 bits per heavy atom. The number of rotatable bonds is 2. The van der Waals surface area contributed by atoms with E-state index in [1.807, 2.05) is 0 Å². The Kier molecular flexibility index (Phi) is 2.45. The van der Waals surface area contributed by atoms with Gasteiger partial charge in [-0.2, -0.15) is 0 Å². The van der Waals surface area contributed by atoms with Crippen molar-refractivity contribution >= 4 is 5.97 Å². The molecule has 2 fully saturated rings. The molecule has 2 nitrogen and oxygen atoms in total. The average Bonchev–Trinajstić information content (AvgIpc) is 2.19. The molecule has 5 atom stereocenters. The van der Waals surface area contributed by atoms with E-state index in [2.05, 4.69) is 34.3 Å². The van der Waals surface area contributed by atoms with Gasteiger partial charge >= 0.3 is 5.97 Å². The molecule has 0 aliphatic heterocycles. The summed E-state index contributed by atoms with van der Waals surface area (Å²) in [7, 11) is 0. The van der Waals surface area contributed by atoms with E-state index in [9.17, 15) is 4.79 Å². The van der Waals surface area contributed by atoms with Crippen LogP contribution in [-0.4, -0.2) is 12.1 Å². The van der Waals surface area contributed by atoms with Crippen molar-refractivity contribution in [2.75, 3.05) is 0 Å². The van der Waals surface area contributed by atoms with E-state index in [1.165, 1.54) is 0 Å². The molecule has 2 aliphatic carbocycles. The predicted molar refractivity (Wildman–Crippen MR) is 63.8 cm³/mol. The van der Waals surface area contributed by atoms with Gasteiger partial charge in [0.1, 0.15) is 6.10 Å². The number of fused-ring (bicyclic) bond motifs is 1. The lowest BCUT2D eigenvalue weighted by atomic mass is 9.36. The maximum Gasteiger partial charge on any atom is 0.333 e. The molecule has 0 heterocycles. The molecule has 16 heavy (non-hydrogen) atoms. The quantitative estimate of drug-likeness (QED) is 0.530. The second-order valence-electron chi connectivity index (χ2n) is 6.22. The van der Waals surface area contributed by atoms with Gasteiger partial charge < -0.3 is 4.74 Å². The van der Waals surface area contributed by atoms with Crippen LogP contribution in [0.2, 0.25) is 0 Å². The Balaban J connectivity index is 2.02. The molecule has 0 aromatic carbocycles. The van der Waals surface area contributed by atoms with Crippen LogP contribution >= 0.6 is 0 Å². The van der Waals surface area contributed by atoms with Gasteiger partial charge in [0, 0.05) is 11.5 Å². The minimum Gasteiger partial charge on any atom is -0.458 e. The van der Waals surface area contributed by atoms with Gasteiger partial charge in [0.2, 0.25) is 0 Å². The van der Waals surface area contributed by atoms with Crippen LogP contribution in [0.25, 0.3) is 0 Å². The molecule has 2 saturated carbocycles. The summed E-state index contributed by atoms with van der Waals surface area (Å²) >= 11 is 0. The molecule has 1 unspecified atom stereocenters. The number of hydrogen-bond acceptors (Lipinski definition) is 2. The molecule has 90 valence electrons. The van der Waals surface area contributed by atoms with Gasteiger partial charge in [0.05, 0.1) is 0 Å². The molecule has 2 heteroatoms. The SMILES string of the molecule is C=C(C)C(=O)O[C@@H]1C2[C@H]([C@H]1C)C(C)(C)[C@H]2C. The predicted octanol–water partition coefficient (Wildman–Crippen LogP) is 3.03. The zero-order chi connectivity index (χ0) is 12.2. The molecule has 0 aromatic rings. The van der Waals surface area contributed by atoms with Crippen LogP contribution < -0.4 is 0 Å². The first-order valence-electron chi connectivity index (χ1n) is 6.15. The maximum absolute atomic E-state index is 11.5. The number of ether oxygens (including phenoxy) is 1. The van der Waals surface area contributed by atoms with Crippen molar-refractivity contribution < 1.29 is 9.53 Å². The van der Waals surface area contributed by atoms with Crippen LogP contribution in [0.15, 0.2) is 12.2 Å². The molecular formula is C14H22O2. The third kappa shape index (κ3) is 1.28. The summed E-state index contributed by atoms with van der Waals surface area (Å²) in [6.07, 6.45) is 0.122. The number of hydrogen-bond donors (Lipinski definition) is 0. The highest BCUT2D eigenvalue weighted by atomic mass is 16.5. The van der Waals surface area contributed by atoms with Gasteiger partial charge in [-0.25, -0.2) is 4.79 Å². The van der Waals surface area contributed by atoms with Crippen molar-refractivity contribution in [2.24, 2.45) is 29.1 Å². The molecule has 2 rings (SSSR count). The summed E-state index contributed by atoms with van der Waals surface area (Å²) in [6, 6.07) is 0. The fourth-order valence-corrected chi connectivity index (χ4v) is 3.82.